The van der Waals surface area contributed by atoms with Crippen molar-refractivity contribution in [3.8, 4) is 0 Å². The van der Waals surface area contributed by atoms with Crippen molar-refractivity contribution >= 4 is 11.9 Å². The van der Waals surface area contributed by atoms with Gasteiger partial charge in [0, 0.05) is 5.56 Å². The van der Waals surface area contributed by atoms with Gasteiger partial charge in [0.1, 0.15) is 11.9 Å². The van der Waals surface area contributed by atoms with E-state index in [4.69, 9.17) is 5.11 Å². The summed E-state index contributed by atoms with van der Waals surface area (Å²) in [7, 11) is 0. The summed E-state index contributed by atoms with van der Waals surface area (Å²) in [5.41, 5.74) is 0.110. The minimum absolute atomic E-state index is 0.0835. The smallest absolute Gasteiger partial charge is 0.391 e. The van der Waals surface area contributed by atoms with Crippen molar-refractivity contribution in [3.05, 3.63) is 35.1 Å². The summed E-state index contributed by atoms with van der Waals surface area (Å²) in [6.45, 7) is 1.39. The average molecular weight is 293 g/mol. The number of aliphatic carboxylic acids is 1. The van der Waals surface area contributed by atoms with Gasteiger partial charge in [-0.1, -0.05) is 0 Å². The Labute approximate surface area is 111 Å². The molecule has 2 N–H and O–H groups in total. The van der Waals surface area contributed by atoms with Crippen LogP contribution in [0.1, 0.15) is 22.3 Å². The van der Waals surface area contributed by atoms with Crippen LogP contribution in [-0.2, 0) is 4.79 Å². The Kier molecular flexibility index (Phi) is 4.69. The predicted molar refractivity (Wildman–Crippen MR) is 60.7 cm³/mol. The van der Waals surface area contributed by atoms with Crippen LogP contribution >= 0.6 is 0 Å². The van der Waals surface area contributed by atoms with Crippen LogP contribution in [0, 0.1) is 12.7 Å². The van der Waals surface area contributed by atoms with E-state index >= 15 is 0 Å². The number of carbonyl (C=O) groups excluding carboxylic acids is 1. The summed E-state index contributed by atoms with van der Waals surface area (Å²) >= 11 is 0. The van der Waals surface area contributed by atoms with E-state index < -0.39 is 36.3 Å². The number of nitrogens with one attached hydrogen (secondary N) is 1. The summed E-state index contributed by atoms with van der Waals surface area (Å²) in [4.78, 5) is 22.4. The van der Waals surface area contributed by atoms with Gasteiger partial charge in [0.15, 0.2) is 0 Å². The number of halogens is 4. The summed E-state index contributed by atoms with van der Waals surface area (Å²) < 4.78 is 49.4. The molecule has 110 valence electrons. The quantitative estimate of drug-likeness (QED) is 0.837. The minimum Gasteiger partial charge on any atom is -0.480 e. The maximum atomic E-state index is 12.8. The molecule has 0 aromatic heterocycles. The Hall–Kier alpha value is -2.12. The number of rotatable bonds is 4. The number of aryl methyl sites for hydroxylation is 1. The number of hydrogen-bond donors (Lipinski definition) is 2. The molecule has 4 nitrogen and oxygen atoms in total. The lowest BCUT2D eigenvalue weighted by molar-refractivity contribution is -0.157. The van der Waals surface area contributed by atoms with Crippen molar-refractivity contribution in [1.29, 1.82) is 0 Å². The molecule has 1 aromatic carbocycles. The lowest BCUT2D eigenvalue weighted by Crippen LogP contribution is -2.43. The summed E-state index contributed by atoms with van der Waals surface area (Å²) in [5.74, 6) is -3.40. The van der Waals surface area contributed by atoms with E-state index in [1.165, 1.54) is 6.92 Å². The molecule has 0 saturated carbocycles. The van der Waals surface area contributed by atoms with Gasteiger partial charge in [0.25, 0.3) is 5.91 Å². The van der Waals surface area contributed by atoms with Crippen LogP contribution in [0.2, 0.25) is 0 Å². The molecule has 0 saturated heterocycles. The van der Waals surface area contributed by atoms with Crippen LogP contribution in [0.25, 0.3) is 0 Å². The molecule has 1 amide bonds. The first-order chi connectivity index (χ1) is 9.10. The molecule has 8 heteroatoms. The van der Waals surface area contributed by atoms with Gasteiger partial charge in [-0.2, -0.15) is 13.2 Å². The number of benzene rings is 1. The molecule has 1 aromatic rings. The fraction of sp³-hybridized carbons (Fsp3) is 0.333. The van der Waals surface area contributed by atoms with Gasteiger partial charge in [-0.15, -0.1) is 0 Å². The molecule has 20 heavy (non-hydrogen) atoms. The Morgan fingerprint density at radius 1 is 1.35 bits per heavy atom. The maximum Gasteiger partial charge on any atom is 0.391 e. The molecule has 1 unspecified atom stereocenters. The largest absolute Gasteiger partial charge is 0.480 e. The first kappa shape index (κ1) is 15.9. The van der Waals surface area contributed by atoms with Gasteiger partial charge < -0.3 is 10.4 Å². The third-order valence-electron chi connectivity index (χ3n) is 2.47. The Morgan fingerprint density at radius 2 is 1.95 bits per heavy atom. The molecule has 0 aliphatic rings. The molecule has 0 aliphatic heterocycles. The molecule has 1 atom stereocenters. The summed E-state index contributed by atoms with van der Waals surface area (Å²) in [6.07, 6.45) is -6.41. The summed E-state index contributed by atoms with van der Waals surface area (Å²) in [5, 5.41) is 10.4. The monoisotopic (exact) mass is 293 g/mol. The number of alkyl halides is 3. The average Bonchev–Trinajstić information content (AvgIpc) is 2.25. The SMILES string of the molecule is Cc1cc(F)ccc1C(=O)NC(CC(F)(F)F)C(=O)O. The van der Waals surface area contributed by atoms with Gasteiger partial charge >= 0.3 is 12.1 Å². The minimum atomic E-state index is -4.73. The first-order valence-electron chi connectivity index (χ1n) is 5.46. The lowest BCUT2D eigenvalue weighted by atomic mass is 10.1. The third kappa shape index (κ3) is 4.52. The fourth-order valence-electron chi connectivity index (χ4n) is 1.55. The topological polar surface area (TPSA) is 66.4 Å². The number of amides is 1. The van der Waals surface area contributed by atoms with E-state index in [1.807, 2.05) is 0 Å². The van der Waals surface area contributed by atoms with E-state index in [9.17, 15) is 27.2 Å². The Bertz CT molecular complexity index is 528. The summed E-state index contributed by atoms with van der Waals surface area (Å²) in [6, 6.07) is 0.967. The van der Waals surface area contributed by atoms with Gasteiger partial charge in [-0.05, 0) is 30.7 Å². The molecule has 1 rings (SSSR count). The molecule has 0 spiro atoms. The van der Waals surface area contributed by atoms with Crippen LogP contribution in [0.5, 0.6) is 0 Å². The van der Waals surface area contributed by atoms with Crippen LogP contribution in [-0.4, -0.2) is 29.2 Å². The molecule has 0 radical (unpaired) electrons. The van der Waals surface area contributed by atoms with Crippen molar-refractivity contribution in [1.82, 2.24) is 5.32 Å². The van der Waals surface area contributed by atoms with E-state index in [1.54, 1.807) is 5.32 Å². The maximum absolute atomic E-state index is 12.8. The number of carbonyl (C=O) groups is 2. The second-order valence-corrected chi connectivity index (χ2v) is 4.14. The highest BCUT2D eigenvalue weighted by Crippen LogP contribution is 2.22. The standard InChI is InChI=1S/C12H11F4NO3/c1-6-4-7(13)2-3-8(6)10(18)17-9(11(19)20)5-12(14,15)16/h2-4,9H,5H2,1H3,(H,17,18)(H,19,20). The second kappa shape index (κ2) is 5.89. The van der Waals surface area contributed by atoms with Crippen LogP contribution in [0.15, 0.2) is 18.2 Å². The van der Waals surface area contributed by atoms with Gasteiger partial charge in [-0.25, -0.2) is 9.18 Å². The van der Waals surface area contributed by atoms with Crippen molar-refractivity contribution in [2.45, 2.75) is 25.6 Å². The number of carboxylic acid groups (broad SMARTS) is 1. The van der Waals surface area contributed by atoms with E-state index in [-0.39, 0.29) is 11.1 Å². The highest BCUT2D eigenvalue weighted by Gasteiger charge is 2.36. The van der Waals surface area contributed by atoms with Crippen molar-refractivity contribution < 1.29 is 32.3 Å². The van der Waals surface area contributed by atoms with Gasteiger partial charge in [0.2, 0.25) is 0 Å². The number of hydrogen-bond acceptors (Lipinski definition) is 2. The van der Waals surface area contributed by atoms with Crippen molar-refractivity contribution in [3.63, 3.8) is 0 Å². The zero-order valence-electron chi connectivity index (χ0n) is 10.3. The molecular weight excluding hydrogens is 282 g/mol. The highest BCUT2D eigenvalue weighted by atomic mass is 19.4. The zero-order chi connectivity index (χ0) is 15.5. The molecule has 0 aliphatic carbocycles. The lowest BCUT2D eigenvalue weighted by Gasteiger charge is -2.17. The van der Waals surface area contributed by atoms with E-state index in [2.05, 4.69) is 0 Å². The Balaban J connectivity index is 2.88. The number of carboxylic acids is 1. The van der Waals surface area contributed by atoms with Gasteiger partial charge in [0.05, 0.1) is 6.42 Å². The Morgan fingerprint density at radius 3 is 2.40 bits per heavy atom. The molecular formula is C12H11F4NO3. The van der Waals surface area contributed by atoms with Gasteiger partial charge in [-0.3, -0.25) is 4.79 Å². The van der Waals surface area contributed by atoms with Crippen molar-refractivity contribution in [2.24, 2.45) is 0 Å². The predicted octanol–water partition coefficient (Wildman–Crippen LogP) is 2.27. The van der Waals surface area contributed by atoms with Crippen LogP contribution < -0.4 is 5.32 Å². The second-order valence-electron chi connectivity index (χ2n) is 4.14. The van der Waals surface area contributed by atoms with Crippen LogP contribution in [0.4, 0.5) is 17.6 Å². The van der Waals surface area contributed by atoms with E-state index in [0.29, 0.717) is 0 Å². The molecule has 0 heterocycles. The molecule has 0 bridgehead atoms. The first-order valence-corrected chi connectivity index (χ1v) is 5.46. The van der Waals surface area contributed by atoms with Crippen molar-refractivity contribution in [2.75, 3.05) is 0 Å². The zero-order valence-corrected chi connectivity index (χ0v) is 10.3. The molecule has 0 fully saturated rings. The van der Waals surface area contributed by atoms with E-state index in [0.717, 1.165) is 18.2 Å². The third-order valence-corrected chi connectivity index (χ3v) is 2.47. The fourth-order valence-corrected chi connectivity index (χ4v) is 1.55. The highest BCUT2D eigenvalue weighted by molar-refractivity contribution is 5.97. The normalized spacial score (nSPS) is 12.8. The van der Waals surface area contributed by atoms with Crippen LogP contribution in [0.3, 0.4) is 0 Å².